The van der Waals surface area contributed by atoms with E-state index >= 15 is 0 Å². The lowest BCUT2D eigenvalue weighted by Gasteiger charge is -2.13. The summed E-state index contributed by atoms with van der Waals surface area (Å²) >= 11 is 0. The highest BCUT2D eigenvalue weighted by atomic mass is 16.5. The second-order valence-corrected chi connectivity index (χ2v) is 5.67. The van der Waals surface area contributed by atoms with Crippen LogP contribution in [0.1, 0.15) is 34.6 Å². The van der Waals surface area contributed by atoms with Gasteiger partial charge in [0.1, 0.15) is 12.1 Å². The summed E-state index contributed by atoms with van der Waals surface area (Å²) in [5.74, 6) is -0.210. The molecule has 0 fully saturated rings. The van der Waals surface area contributed by atoms with E-state index in [-0.39, 0.29) is 5.78 Å². The molecule has 8 nitrogen and oxygen atoms in total. The van der Waals surface area contributed by atoms with Crippen molar-refractivity contribution in [2.75, 3.05) is 6.61 Å². The third-order valence-corrected chi connectivity index (χ3v) is 3.80. The lowest BCUT2D eigenvalue weighted by molar-refractivity contribution is 0.0319. The molecule has 3 rings (SSSR count). The van der Waals surface area contributed by atoms with Gasteiger partial charge in [0.25, 0.3) is 0 Å². The fourth-order valence-electron chi connectivity index (χ4n) is 2.45. The van der Waals surface area contributed by atoms with Gasteiger partial charge in [0, 0.05) is 5.56 Å². The standard InChI is InChI=1S/C19H18N4O4/c1-3-26-17-9-7-14(8-10-17)18(24)13(2)27-19(25)15-5-4-6-16(11-15)23-12-20-21-22-23/h4-13H,3H2,1-2H3. The summed E-state index contributed by atoms with van der Waals surface area (Å²) in [6, 6.07) is 13.3. The van der Waals surface area contributed by atoms with E-state index in [2.05, 4.69) is 15.5 Å². The predicted molar refractivity (Wildman–Crippen MR) is 96.0 cm³/mol. The number of carbonyl (C=O) groups is 2. The number of benzene rings is 2. The molecule has 0 aliphatic heterocycles. The van der Waals surface area contributed by atoms with E-state index < -0.39 is 12.1 Å². The Morgan fingerprint density at radius 3 is 2.56 bits per heavy atom. The van der Waals surface area contributed by atoms with Crippen molar-refractivity contribution >= 4 is 11.8 Å². The number of esters is 1. The third kappa shape index (κ3) is 4.35. The van der Waals surface area contributed by atoms with E-state index in [1.54, 1.807) is 55.5 Å². The zero-order valence-corrected chi connectivity index (χ0v) is 14.9. The molecule has 2 aromatic carbocycles. The van der Waals surface area contributed by atoms with Crippen molar-refractivity contribution in [3.8, 4) is 11.4 Å². The molecule has 8 heteroatoms. The summed E-state index contributed by atoms with van der Waals surface area (Å²) in [6.07, 6.45) is 0.495. The number of Topliss-reactive ketones (excluding diaryl/α,β-unsaturated/α-hetero) is 1. The third-order valence-electron chi connectivity index (χ3n) is 3.80. The van der Waals surface area contributed by atoms with Crippen LogP contribution >= 0.6 is 0 Å². The van der Waals surface area contributed by atoms with Crippen LogP contribution in [0.2, 0.25) is 0 Å². The minimum absolute atomic E-state index is 0.289. The van der Waals surface area contributed by atoms with E-state index in [4.69, 9.17) is 9.47 Å². The zero-order chi connectivity index (χ0) is 19.2. The molecule has 138 valence electrons. The normalized spacial score (nSPS) is 11.6. The van der Waals surface area contributed by atoms with Crippen molar-refractivity contribution < 1.29 is 19.1 Å². The van der Waals surface area contributed by atoms with Crippen molar-refractivity contribution in [3.05, 3.63) is 66.0 Å². The molecule has 1 heterocycles. The van der Waals surface area contributed by atoms with Crippen molar-refractivity contribution in [2.24, 2.45) is 0 Å². The number of ether oxygens (including phenoxy) is 2. The SMILES string of the molecule is CCOc1ccc(C(=O)C(C)OC(=O)c2cccc(-n3cnnn3)c2)cc1. The fraction of sp³-hybridized carbons (Fsp3) is 0.211. The molecule has 1 aromatic heterocycles. The first-order valence-electron chi connectivity index (χ1n) is 8.40. The Morgan fingerprint density at radius 2 is 1.89 bits per heavy atom. The Morgan fingerprint density at radius 1 is 1.11 bits per heavy atom. The van der Waals surface area contributed by atoms with Gasteiger partial charge in [0.2, 0.25) is 5.78 Å². The second-order valence-electron chi connectivity index (χ2n) is 5.67. The number of carbonyl (C=O) groups excluding carboxylic acids is 2. The van der Waals surface area contributed by atoms with Crippen LogP contribution in [0.5, 0.6) is 5.75 Å². The number of aromatic nitrogens is 4. The van der Waals surface area contributed by atoms with E-state index in [0.717, 1.165) is 0 Å². The van der Waals surface area contributed by atoms with Gasteiger partial charge in [-0.2, -0.15) is 0 Å². The zero-order valence-electron chi connectivity index (χ0n) is 14.9. The molecule has 0 aliphatic rings. The molecule has 0 N–H and O–H groups in total. The molecule has 27 heavy (non-hydrogen) atoms. The van der Waals surface area contributed by atoms with Gasteiger partial charge in [-0.05, 0) is 66.7 Å². The number of rotatable bonds is 7. The molecule has 0 radical (unpaired) electrons. The highest BCUT2D eigenvalue weighted by Crippen LogP contribution is 2.16. The van der Waals surface area contributed by atoms with Crippen LogP contribution in [0.15, 0.2) is 54.9 Å². The lowest BCUT2D eigenvalue weighted by atomic mass is 10.1. The maximum absolute atomic E-state index is 12.5. The van der Waals surface area contributed by atoms with Crippen LogP contribution < -0.4 is 4.74 Å². The number of ketones is 1. The molecule has 1 atom stereocenters. The largest absolute Gasteiger partial charge is 0.494 e. The molecule has 0 spiro atoms. The average molecular weight is 366 g/mol. The first-order chi connectivity index (χ1) is 13.1. The molecular formula is C19H18N4O4. The molecule has 0 aliphatic carbocycles. The Hall–Kier alpha value is -3.55. The number of hydrogen-bond donors (Lipinski definition) is 0. The molecule has 1 unspecified atom stereocenters. The summed E-state index contributed by atoms with van der Waals surface area (Å²) < 4.78 is 12.1. The van der Waals surface area contributed by atoms with Crippen LogP contribution in [-0.4, -0.2) is 44.7 Å². The van der Waals surface area contributed by atoms with Crippen LogP contribution in [0.3, 0.4) is 0 Å². The average Bonchev–Trinajstić information content (AvgIpc) is 3.23. The summed E-state index contributed by atoms with van der Waals surface area (Å²) in [6.45, 7) is 3.97. The minimum Gasteiger partial charge on any atom is -0.494 e. The maximum atomic E-state index is 12.5. The Bertz CT molecular complexity index is 923. The summed E-state index contributed by atoms with van der Waals surface area (Å²) in [5.41, 5.74) is 1.36. The highest BCUT2D eigenvalue weighted by molar-refractivity contribution is 6.01. The molecular weight excluding hydrogens is 348 g/mol. The van der Waals surface area contributed by atoms with Crippen LogP contribution in [-0.2, 0) is 4.74 Å². The number of tetrazole rings is 1. The van der Waals surface area contributed by atoms with Gasteiger partial charge in [-0.15, -0.1) is 5.10 Å². The molecule has 0 bridgehead atoms. The van der Waals surface area contributed by atoms with E-state index in [9.17, 15) is 9.59 Å². The smallest absolute Gasteiger partial charge is 0.338 e. The minimum atomic E-state index is -0.924. The highest BCUT2D eigenvalue weighted by Gasteiger charge is 2.21. The van der Waals surface area contributed by atoms with Gasteiger partial charge in [0.15, 0.2) is 6.10 Å². The summed E-state index contributed by atoms with van der Waals surface area (Å²) in [5, 5.41) is 10.9. The van der Waals surface area contributed by atoms with Gasteiger partial charge in [-0.25, -0.2) is 9.48 Å². The molecule has 0 saturated carbocycles. The monoisotopic (exact) mass is 366 g/mol. The fourth-order valence-corrected chi connectivity index (χ4v) is 2.45. The predicted octanol–water partition coefficient (Wildman–Crippen LogP) is 2.49. The van der Waals surface area contributed by atoms with Crippen LogP contribution in [0.25, 0.3) is 5.69 Å². The Balaban J connectivity index is 1.68. The first-order valence-corrected chi connectivity index (χ1v) is 8.40. The van der Waals surface area contributed by atoms with E-state index in [0.29, 0.717) is 29.2 Å². The van der Waals surface area contributed by atoms with E-state index in [1.165, 1.54) is 11.0 Å². The van der Waals surface area contributed by atoms with Crippen molar-refractivity contribution in [3.63, 3.8) is 0 Å². The molecule has 3 aromatic rings. The van der Waals surface area contributed by atoms with Gasteiger partial charge in [-0.1, -0.05) is 6.07 Å². The maximum Gasteiger partial charge on any atom is 0.338 e. The lowest BCUT2D eigenvalue weighted by Crippen LogP contribution is -2.24. The van der Waals surface area contributed by atoms with Crippen molar-refractivity contribution in [1.29, 1.82) is 0 Å². The topological polar surface area (TPSA) is 96.2 Å². The second kappa shape index (κ2) is 8.22. The van der Waals surface area contributed by atoms with Crippen molar-refractivity contribution in [2.45, 2.75) is 20.0 Å². The summed E-state index contributed by atoms with van der Waals surface area (Å²) in [4.78, 5) is 24.9. The van der Waals surface area contributed by atoms with Gasteiger partial charge >= 0.3 is 5.97 Å². The van der Waals surface area contributed by atoms with Gasteiger partial charge < -0.3 is 9.47 Å². The van der Waals surface area contributed by atoms with Gasteiger partial charge in [0.05, 0.1) is 17.9 Å². The summed E-state index contributed by atoms with van der Waals surface area (Å²) in [7, 11) is 0. The molecule has 0 saturated heterocycles. The number of nitrogens with zero attached hydrogens (tertiary/aromatic N) is 4. The van der Waals surface area contributed by atoms with Crippen LogP contribution in [0, 0.1) is 0 Å². The first kappa shape index (κ1) is 18.2. The quantitative estimate of drug-likeness (QED) is 0.468. The Kier molecular flexibility index (Phi) is 5.55. The molecule has 0 amide bonds. The van der Waals surface area contributed by atoms with Gasteiger partial charge in [-0.3, -0.25) is 4.79 Å². The van der Waals surface area contributed by atoms with Crippen molar-refractivity contribution in [1.82, 2.24) is 20.2 Å². The number of hydrogen-bond acceptors (Lipinski definition) is 7. The van der Waals surface area contributed by atoms with Crippen LogP contribution in [0.4, 0.5) is 0 Å². The Labute approximate surface area is 155 Å². The van der Waals surface area contributed by atoms with E-state index in [1.807, 2.05) is 6.92 Å².